The van der Waals surface area contributed by atoms with E-state index in [0.717, 1.165) is 0 Å². The van der Waals surface area contributed by atoms with E-state index in [0.29, 0.717) is 25.8 Å². The van der Waals surface area contributed by atoms with Crippen LogP contribution in [0.5, 0.6) is 5.75 Å². The van der Waals surface area contributed by atoms with Crippen molar-refractivity contribution in [1.29, 1.82) is 0 Å². The highest BCUT2D eigenvalue weighted by atomic mass is 79.9. The maximum absolute atomic E-state index is 13.1. The molecular formula is C15H10BrCl2FN2O2. The van der Waals surface area contributed by atoms with Gasteiger partial charge in [0.05, 0.1) is 15.7 Å². The smallest absolute Gasteiger partial charge is 0.277 e. The Morgan fingerprint density at radius 2 is 2.09 bits per heavy atom. The molecule has 23 heavy (non-hydrogen) atoms. The number of nitrogens with one attached hydrogen (secondary N) is 1. The minimum absolute atomic E-state index is 0.258. The van der Waals surface area contributed by atoms with E-state index in [9.17, 15) is 9.18 Å². The molecular weight excluding hydrogens is 410 g/mol. The molecule has 0 radical (unpaired) electrons. The van der Waals surface area contributed by atoms with Crippen molar-refractivity contribution in [3.05, 3.63) is 62.3 Å². The minimum Gasteiger partial charge on any atom is -0.482 e. The predicted molar refractivity (Wildman–Crippen MR) is 91.8 cm³/mol. The summed E-state index contributed by atoms with van der Waals surface area (Å²) in [6.07, 6.45) is 1.39. The van der Waals surface area contributed by atoms with E-state index in [1.807, 2.05) is 0 Å². The van der Waals surface area contributed by atoms with Crippen LogP contribution >= 0.6 is 39.1 Å². The molecule has 0 fully saturated rings. The number of carbonyl (C=O) groups is 1. The number of hydrazone groups is 1. The fraction of sp³-hybridized carbons (Fsp3) is 0.0667. The molecule has 0 heterocycles. The first-order valence-electron chi connectivity index (χ1n) is 6.30. The zero-order chi connectivity index (χ0) is 16.8. The minimum atomic E-state index is -0.464. The lowest BCUT2D eigenvalue weighted by Gasteiger charge is -2.07. The van der Waals surface area contributed by atoms with Crippen molar-refractivity contribution < 1.29 is 13.9 Å². The van der Waals surface area contributed by atoms with E-state index in [2.05, 4.69) is 26.5 Å². The van der Waals surface area contributed by atoms with Crippen LogP contribution in [-0.2, 0) is 4.79 Å². The molecule has 0 aromatic heterocycles. The van der Waals surface area contributed by atoms with Crippen LogP contribution < -0.4 is 10.2 Å². The Bertz CT molecular complexity index is 756. The second-order valence-corrected chi connectivity index (χ2v) is 6.03. The number of hydrogen-bond donors (Lipinski definition) is 1. The van der Waals surface area contributed by atoms with Crippen LogP contribution in [0, 0.1) is 5.82 Å². The average Bonchev–Trinajstić information content (AvgIpc) is 2.50. The Hall–Kier alpha value is -1.63. The van der Waals surface area contributed by atoms with Crippen LogP contribution in [0.4, 0.5) is 4.39 Å². The summed E-state index contributed by atoms with van der Waals surface area (Å²) in [6, 6.07) is 9.04. The Kier molecular flexibility index (Phi) is 6.38. The average molecular weight is 420 g/mol. The lowest BCUT2D eigenvalue weighted by atomic mass is 10.2. The van der Waals surface area contributed by atoms with Gasteiger partial charge >= 0.3 is 0 Å². The first-order chi connectivity index (χ1) is 11.0. The molecule has 120 valence electrons. The fourth-order valence-electron chi connectivity index (χ4n) is 1.54. The molecule has 0 atom stereocenters. The van der Waals surface area contributed by atoms with Gasteiger partial charge in [-0.1, -0.05) is 29.3 Å². The third kappa shape index (κ3) is 5.49. The van der Waals surface area contributed by atoms with E-state index >= 15 is 0 Å². The van der Waals surface area contributed by atoms with Gasteiger partial charge < -0.3 is 4.74 Å². The van der Waals surface area contributed by atoms with Crippen molar-refractivity contribution in [2.45, 2.75) is 0 Å². The zero-order valence-corrected chi connectivity index (χ0v) is 14.6. The van der Waals surface area contributed by atoms with Crippen LogP contribution in [0.3, 0.4) is 0 Å². The van der Waals surface area contributed by atoms with Crippen molar-refractivity contribution in [1.82, 2.24) is 5.43 Å². The lowest BCUT2D eigenvalue weighted by molar-refractivity contribution is -0.123. The van der Waals surface area contributed by atoms with Crippen LogP contribution in [0.2, 0.25) is 10.0 Å². The summed E-state index contributed by atoms with van der Waals surface area (Å²) >= 11 is 14.7. The highest BCUT2D eigenvalue weighted by molar-refractivity contribution is 9.10. The van der Waals surface area contributed by atoms with Gasteiger partial charge in [-0.3, -0.25) is 4.79 Å². The molecule has 0 aliphatic rings. The number of benzene rings is 2. The van der Waals surface area contributed by atoms with Crippen molar-refractivity contribution in [3.8, 4) is 5.75 Å². The fourth-order valence-corrected chi connectivity index (χ4v) is 2.40. The topological polar surface area (TPSA) is 50.7 Å². The van der Waals surface area contributed by atoms with Crippen LogP contribution in [0.25, 0.3) is 0 Å². The molecule has 0 saturated carbocycles. The standard InChI is InChI=1S/C15H10BrCl2FN2O2/c16-11-5-9(1-3-13(11)19)7-20-21-15(22)8-23-14-4-2-10(17)6-12(14)18/h1-7H,8H2,(H,21,22)/b20-7-. The Labute approximate surface area is 150 Å². The lowest BCUT2D eigenvalue weighted by Crippen LogP contribution is -2.24. The Balaban J connectivity index is 1.85. The number of halogens is 4. The van der Waals surface area contributed by atoms with Crippen molar-refractivity contribution >= 4 is 51.3 Å². The summed E-state index contributed by atoms with van der Waals surface area (Å²) in [7, 11) is 0. The van der Waals surface area contributed by atoms with Gasteiger partial charge in [0.2, 0.25) is 0 Å². The van der Waals surface area contributed by atoms with Gasteiger partial charge in [-0.2, -0.15) is 5.10 Å². The normalized spacial score (nSPS) is 10.8. The molecule has 4 nitrogen and oxygen atoms in total. The highest BCUT2D eigenvalue weighted by Crippen LogP contribution is 2.27. The summed E-state index contributed by atoms with van der Waals surface area (Å²) in [5.74, 6) is -0.495. The largest absolute Gasteiger partial charge is 0.482 e. The molecule has 0 aliphatic heterocycles. The second kappa shape index (κ2) is 8.29. The van der Waals surface area contributed by atoms with Crippen LogP contribution in [0.15, 0.2) is 46.0 Å². The van der Waals surface area contributed by atoms with Crippen LogP contribution in [-0.4, -0.2) is 18.7 Å². The number of amides is 1. The van der Waals surface area contributed by atoms with Gasteiger partial charge in [-0.15, -0.1) is 0 Å². The van der Waals surface area contributed by atoms with E-state index in [1.165, 1.54) is 30.5 Å². The molecule has 2 rings (SSSR count). The molecule has 0 spiro atoms. The zero-order valence-electron chi connectivity index (χ0n) is 11.5. The van der Waals surface area contributed by atoms with Gasteiger partial charge in [0, 0.05) is 5.02 Å². The van der Waals surface area contributed by atoms with Crippen molar-refractivity contribution in [2.75, 3.05) is 6.61 Å². The summed E-state index contributed by atoms with van der Waals surface area (Å²) in [4.78, 5) is 11.6. The SMILES string of the molecule is O=C(COc1ccc(Cl)cc1Cl)N/N=C\c1ccc(F)c(Br)c1. The van der Waals surface area contributed by atoms with Crippen molar-refractivity contribution in [3.63, 3.8) is 0 Å². The van der Waals surface area contributed by atoms with Gasteiger partial charge in [0.1, 0.15) is 11.6 Å². The van der Waals surface area contributed by atoms with E-state index in [4.69, 9.17) is 27.9 Å². The van der Waals surface area contributed by atoms with E-state index < -0.39 is 5.91 Å². The highest BCUT2D eigenvalue weighted by Gasteiger charge is 2.06. The predicted octanol–water partition coefficient (Wildman–Crippen LogP) is 4.42. The molecule has 1 N–H and O–H groups in total. The molecule has 0 saturated heterocycles. The molecule has 0 unspecified atom stereocenters. The van der Waals surface area contributed by atoms with E-state index in [1.54, 1.807) is 12.1 Å². The Morgan fingerprint density at radius 3 is 2.78 bits per heavy atom. The maximum Gasteiger partial charge on any atom is 0.277 e. The summed E-state index contributed by atoms with van der Waals surface area (Å²) < 4.78 is 18.6. The third-order valence-corrected chi connectivity index (χ3v) is 3.74. The number of carbonyl (C=O) groups excluding carboxylic acids is 1. The summed E-state index contributed by atoms with van der Waals surface area (Å²) in [5.41, 5.74) is 2.92. The molecule has 1 amide bonds. The molecule has 0 aliphatic carbocycles. The third-order valence-electron chi connectivity index (χ3n) is 2.60. The number of ether oxygens (including phenoxy) is 1. The van der Waals surface area contributed by atoms with Gasteiger partial charge in [-0.25, -0.2) is 9.82 Å². The molecule has 2 aromatic rings. The summed E-state index contributed by atoms with van der Waals surface area (Å²) in [6.45, 7) is -0.258. The number of rotatable bonds is 5. The molecule has 2 aromatic carbocycles. The quantitative estimate of drug-likeness (QED) is 0.575. The monoisotopic (exact) mass is 418 g/mol. The van der Waals surface area contributed by atoms with Gasteiger partial charge in [-0.05, 0) is 51.8 Å². The van der Waals surface area contributed by atoms with E-state index in [-0.39, 0.29) is 12.4 Å². The van der Waals surface area contributed by atoms with Crippen molar-refractivity contribution in [2.24, 2.45) is 5.10 Å². The van der Waals surface area contributed by atoms with Crippen LogP contribution in [0.1, 0.15) is 5.56 Å². The molecule has 0 bridgehead atoms. The first kappa shape index (κ1) is 17.7. The number of hydrogen-bond acceptors (Lipinski definition) is 3. The maximum atomic E-state index is 13.1. The number of nitrogens with zero attached hydrogens (tertiary/aromatic N) is 1. The second-order valence-electron chi connectivity index (χ2n) is 4.33. The first-order valence-corrected chi connectivity index (χ1v) is 7.85. The summed E-state index contributed by atoms with van der Waals surface area (Å²) in [5, 5.41) is 4.54. The Morgan fingerprint density at radius 1 is 1.30 bits per heavy atom. The van der Waals surface area contributed by atoms with Gasteiger partial charge in [0.15, 0.2) is 6.61 Å². The van der Waals surface area contributed by atoms with Gasteiger partial charge in [0.25, 0.3) is 5.91 Å². The molecule has 8 heteroatoms.